The topological polar surface area (TPSA) is 106 Å². The fraction of sp³-hybridized carbons (Fsp3) is 0.480. The van der Waals surface area contributed by atoms with Gasteiger partial charge in [-0.2, -0.15) is 0 Å². The molecule has 1 aromatic heterocycles. The van der Waals surface area contributed by atoms with Gasteiger partial charge < -0.3 is 19.0 Å². The van der Waals surface area contributed by atoms with Crippen LogP contribution in [0.4, 0.5) is 4.79 Å². The van der Waals surface area contributed by atoms with E-state index in [1.54, 1.807) is 6.07 Å². The molecule has 2 atom stereocenters. The molecular weight excluding hydrogens is 426 g/mol. The monoisotopic (exact) mass is 457 g/mol. The molecule has 0 radical (unpaired) electrons. The van der Waals surface area contributed by atoms with E-state index in [2.05, 4.69) is 0 Å². The number of rotatable bonds is 10. The predicted octanol–water partition coefficient (Wildman–Crippen LogP) is 3.77. The average molecular weight is 458 g/mol. The highest BCUT2D eigenvalue weighted by atomic mass is 16.6. The van der Waals surface area contributed by atoms with Crippen LogP contribution in [0, 0.1) is 12.8 Å². The summed E-state index contributed by atoms with van der Waals surface area (Å²) in [5.41, 5.74) is 2.70. The number of benzene rings is 1. The minimum atomic E-state index is -1.53. The minimum absolute atomic E-state index is 0.0145. The summed E-state index contributed by atoms with van der Waals surface area (Å²) in [4.78, 5) is 39.6. The summed E-state index contributed by atoms with van der Waals surface area (Å²) in [5, 5.41) is 9.13. The Morgan fingerprint density at radius 3 is 2.64 bits per heavy atom. The summed E-state index contributed by atoms with van der Waals surface area (Å²) < 4.78 is 16.2. The molecule has 0 unspecified atom stereocenters. The number of furan rings is 1. The number of cyclic esters (lactones) is 1. The second-order valence-electron chi connectivity index (χ2n) is 8.57. The molecule has 8 heteroatoms. The van der Waals surface area contributed by atoms with E-state index in [1.807, 2.05) is 45.0 Å². The molecule has 3 rings (SSSR count). The van der Waals surface area contributed by atoms with Crippen molar-refractivity contribution in [2.45, 2.75) is 52.2 Å². The zero-order valence-electron chi connectivity index (χ0n) is 19.5. The molecule has 33 heavy (non-hydrogen) atoms. The highest BCUT2D eigenvalue weighted by Gasteiger charge is 2.45. The third-order valence-corrected chi connectivity index (χ3v) is 5.80. The summed E-state index contributed by atoms with van der Waals surface area (Å²) in [6, 6.07) is 8.95. The van der Waals surface area contributed by atoms with Crippen molar-refractivity contribution in [3.8, 4) is 11.1 Å². The number of methoxy groups -OCH3 is 1. The van der Waals surface area contributed by atoms with Gasteiger partial charge in [-0.05, 0) is 37.3 Å². The Morgan fingerprint density at radius 1 is 1.24 bits per heavy atom. The van der Waals surface area contributed by atoms with Crippen molar-refractivity contribution in [1.82, 2.24) is 4.90 Å². The van der Waals surface area contributed by atoms with Crippen LogP contribution in [0.3, 0.4) is 0 Å². The second kappa shape index (κ2) is 10.8. The largest absolute Gasteiger partial charge is 0.457 e. The highest BCUT2D eigenvalue weighted by molar-refractivity contribution is 6.14. The molecule has 1 fully saturated rings. The smallest absolute Gasteiger partial charge is 0.417 e. The number of imide groups is 1. The molecule has 1 N–H and O–H groups in total. The van der Waals surface area contributed by atoms with Crippen molar-refractivity contribution in [2.75, 3.05) is 20.3 Å². The quantitative estimate of drug-likeness (QED) is 0.329. The Balaban J connectivity index is 1.93. The van der Waals surface area contributed by atoms with Gasteiger partial charge in [0.2, 0.25) is 11.9 Å². The van der Waals surface area contributed by atoms with Crippen LogP contribution >= 0.6 is 0 Å². The number of nitrogens with zero attached hydrogens (tertiary/aromatic N) is 1. The van der Waals surface area contributed by atoms with Crippen LogP contribution in [-0.4, -0.2) is 60.3 Å². The number of unbranched alkanes of at least 4 members (excludes halogenated alkanes) is 1. The molecule has 1 aromatic carbocycles. The first-order chi connectivity index (χ1) is 15.8. The van der Waals surface area contributed by atoms with Gasteiger partial charge in [-0.15, -0.1) is 0 Å². The van der Waals surface area contributed by atoms with E-state index < -0.39 is 29.9 Å². The molecule has 0 saturated carbocycles. The first-order valence-electron chi connectivity index (χ1n) is 11.2. The highest BCUT2D eigenvalue weighted by Crippen LogP contribution is 2.31. The molecule has 1 saturated heterocycles. The van der Waals surface area contributed by atoms with Crippen molar-refractivity contribution in [3.05, 3.63) is 47.4 Å². The van der Waals surface area contributed by atoms with E-state index >= 15 is 0 Å². The average Bonchev–Trinajstić information content (AvgIpc) is 3.38. The number of Topliss-reactive ketones (excluding diaryl/α,β-unsaturated/α-hetero) is 1. The van der Waals surface area contributed by atoms with Crippen molar-refractivity contribution in [1.29, 1.82) is 0 Å². The van der Waals surface area contributed by atoms with Crippen molar-refractivity contribution >= 4 is 17.8 Å². The second-order valence-corrected chi connectivity index (χ2v) is 8.57. The molecule has 1 aliphatic rings. The lowest BCUT2D eigenvalue weighted by Crippen LogP contribution is -2.49. The number of ether oxygens (including phenoxy) is 2. The number of carbonyl (C=O) groups is 3. The van der Waals surface area contributed by atoms with Gasteiger partial charge in [0, 0.05) is 25.7 Å². The van der Waals surface area contributed by atoms with Crippen molar-refractivity contribution in [3.63, 3.8) is 0 Å². The maximum absolute atomic E-state index is 13.3. The molecule has 0 aliphatic carbocycles. The van der Waals surface area contributed by atoms with E-state index in [9.17, 15) is 14.4 Å². The number of amides is 2. The number of aryl methyl sites for hydroxylation is 2. The van der Waals surface area contributed by atoms with Crippen LogP contribution in [0.1, 0.15) is 48.6 Å². The Kier molecular flexibility index (Phi) is 8.05. The molecule has 2 aromatic rings. The number of ketones is 1. The fourth-order valence-corrected chi connectivity index (χ4v) is 3.95. The molecule has 178 valence electrons. The summed E-state index contributed by atoms with van der Waals surface area (Å²) >= 11 is 0. The Labute approximate surface area is 193 Å². The third-order valence-electron chi connectivity index (χ3n) is 5.80. The lowest BCUT2D eigenvalue weighted by atomic mass is 10.0. The van der Waals surface area contributed by atoms with Gasteiger partial charge in [0.25, 0.3) is 5.91 Å². The predicted molar refractivity (Wildman–Crippen MR) is 121 cm³/mol. The van der Waals surface area contributed by atoms with Gasteiger partial charge in [0.1, 0.15) is 12.4 Å². The summed E-state index contributed by atoms with van der Waals surface area (Å²) in [6.07, 6.45) is -0.503. The molecular formula is C25H31NO7. The zero-order chi connectivity index (χ0) is 24.1. The fourth-order valence-electron chi connectivity index (χ4n) is 3.95. The van der Waals surface area contributed by atoms with Gasteiger partial charge in [-0.1, -0.05) is 43.7 Å². The lowest BCUT2D eigenvalue weighted by Gasteiger charge is -2.25. The van der Waals surface area contributed by atoms with Crippen molar-refractivity contribution < 1.29 is 33.4 Å². The lowest BCUT2D eigenvalue weighted by molar-refractivity contribution is -0.137. The van der Waals surface area contributed by atoms with Gasteiger partial charge in [0.15, 0.2) is 5.76 Å². The van der Waals surface area contributed by atoms with Gasteiger partial charge >= 0.3 is 6.09 Å². The Morgan fingerprint density at radius 2 is 2.00 bits per heavy atom. The van der Waals surface area contributed by atoms with Gasteiger partial charge in [-0.25, -0.2) is 9.69 Å². The van der Waals surface area contributed by atoms with Crippen molar-refractivity contribution in [2.24, 2.45) is 5.92 Å². The number of aliphatic hydroxyl groups excluding tert-OH is 1. The van der Waals surface area contributed by atoms with Gasteiger partial charge in [-0.3, -0.25) is 9.59 Å². The molecule has 8 nitrogen and oxygen atoms in total. The van der Waals surface area contributed by atoms with Gasteiger partial charge in [0.05, 0.1) is 6.04 Å². The summed E-state index contributed by atoms with van der Waals surface area (Å²) in [6.45, 7) is 5.86. The maximum atomic E-state index is 13.3. The normalized spacial score (nSPS) is 16.8. The minimum Gasteiger partial charge on any atom is -0.457 e. The summed E-state index contributed by atoms with van der Waals surface area (Å²) in [7, 11) is 1.25. The van der Waals surface area contributed by atoms with E-state index in [0.29, 0.717) is 25.0 Å². The first kappa shape index (κ1) is 24.7. The van der Waals surface area contributed by atoms with Crippen LogP contribution in [-0.2, 0) is 20.7 Å². The first-order valence-corrected chi connectivity index (χ1v) is 11.2. The SMILES string of the molecule is CO[C@@H](C(=O)c1cc(-c2cccc(C)c2)c(CCCCO)o1)C(=O)N1C(=O)OC[C@@H]1C(C)C. The van der Waals surface area contributed by atoms with Crippen LogP contribution in [0.25, 0.3) is 11.1 Å². The van der Waals surface area contributed by atoms with Crippen LogP contribution in [0.15, 0.2) is 34.7 Å². The summed E-state index contributed by atoms with van der Waals surface area (Å²) in [5.74, 6) is -0.881. The molecule has 2 heterocycles. The van der Waals surface area contributed by atoms with Crippen LogP contribution in [0.5, 0.6) is 0 Å². The maximum Gasteiger partial charge on any atom is 0.417 e. The van der Waals surface area contributed by atoms with Crippen LogP contribution < -0.4 is 0 Å². The Bertz CT molecular complexity index is 1010. The standard InChI is InChI=1S/C25H31NO7/c1-15(2)19-14-32-25(30)26(19)24(29)23(31-4)22(28)21-13-18(17-9-7-8-16(3)12-17)20(33-21)10-5-6-11-27/h7-9,12-13,15,19,23,27H,5-6,10-11,14H2,1-4H3/t19-,23+/m1/s1. The zero-order valence-corrected chi connectivity index (χ0v) is 19.5. The molecule has 0 spiro atoms. The number of aliphatic hydroxyl groups is 1. The van der Waals surface area contributed by atoms with E-state index in [1.165, 1.54) is 7.11 Å². The third kappa shape index (κ3) is 5.34. The van der Waals surface area contributed by atoms with E-state index in [0.717, 1.165) is 21.6 Å². The molecule has 0 bridgehead atoms. The molecule has 1 aliphatic heterocycles. The molecule has 2 amide bonds. The Hall–Kier alpha value is -2.97. The van der Waals surface area contributed by atoms with E-state index in [-0.39, 0.29) is 24.9 Å². The van der Waals surface area contributed by atoms with Crippen LogP contribution in [0.2, 0.25) is 0 Å². The number of carbonyl (C=O) groups excluding carboxylic acids is 3. The van der Waals surface area contributed by atoms with E-state index in [4.69, 9.17) is 19.0 Å². The number of hydrogen-bond acceptors (Lipinski definition) is 7. The number of hydrogen-bond donors (Lipinski definition) is 1.